The van der Waals surface area contributed by atoms with Gasteiger partial charge >= 0.3 is 0 Å². The Bertz CT molecular complexity index is 358. The van der Waals surface area contributed by atoms with Gasteiger partial charge in [0.25, 0.3) is 0 Å². The first-order valence-electron chi connectivity index (χ1n) is 6.08. The number of aromatic nitrogens is 3. The Hall–Kier alpha value is -0.940. The number of nitrogens with zero attached hydrogens (tertiary/aromatic N) is 3. The SMILES string of the molecule is C1CC[C@H](OCc2nnn3c2CCC3)OC1. The summed E-state index contributed by atoms with van der Waals surface area (Å²) in [5.74, 6) is 0. The summed E-state index contributed by atoms with van der Waals surface area (Å²) in [5.41, 5.74) is 2.24. The summed E-state index contributed by atoms with van der Waals surface area (Å²) < 4.78 is 13.2. The zero-order chi connectivity index (χ0) is 10.8. The maximum atomic E-state index is 5.71. The zero-order valence-corrected chi connectivity index (χ0v) is 9.39. The molecule has 16 heavy (non-hydrogen) atoms. The smallest absolute Gasteiger partial charge is 0.158 e. The lowest BCUT2D eigenvalue weighted by molar-refractivity contribution is -0.169. The van der Waals surface area contributed by atoms with Crippen LogP contribution in [0, 0.1) is 0 Å². The number of rotatable bonds is 3. The van der Waals surface area contributed by atoms with Gasteiger partial charge < -0.3 is 9.47 Å². The summed E-state index contributed by atoms with van der Waals surface area (Å²) in [6.45, 7) is 2.37. The lowest BCUT2D eigenvalue weighted by Crippen LogP contribution is -2.22. The molecule has 1 aromatic rings. The van der Waals surface area contributed by atoms with Crippen LogP contribution in [0.1, 0.15) is 37.1 Å². The van der Waals surface area contributed by atoms with E-state index in [0.29, 0.717) is 6.61 Å². The Morgan fingerprint density at radius 3 is 3.25 bits per heavy atom. The predicted octanol–water partition coefficient (Wildman–Crippen LogP) is 1.27. The van der Waals surface area contributed by atoms with Crippen LogP contribution in [0.5, 0.6) is 0 Å². The Kier molecular flexibility index (Phi) is 2.88. The van der Waals surface area contributed by atoms with Crippen molar-refractivity contribution in [3.8, 4) is 0 Å². The van der Waals surface area contributed by atoms with Crippen molar-refractivity contribution in [3.05, 3.63) is 11.4 Å². The number of aryl methyl sites for hydroxylation is 1. The van der Waals surface area contributed by atoms with Crippen LogP contribution in [0.2, 0.25) is 0 Å². The Morgan fingerprint density at radius 1 is 1.38 bits per heavy atom. The molecule has 1 fully saturated rings. The van der Waals surface area contributed by atoms with Crippen molar-refractivity contribution in [3.63, 3.8) is 0 Å². The summed E-state index contributed by atoms with van der Waals surface area (Å²) in [5, 5.41) is 8.26. The molecule has 0 unspecified atom stereocenters. The Labute approximate surface area is 94.7 Å². The minimum absolute atomic E-state index is 0.0347. The molecule has 1 atom stereocenters. The van der Waals surface area contributed by atoms with Crippen molar-refractivity contribution in [2.75, 3.05) is 6.61 Å². The van der Waals surface area contributed by atoms with Gasteiger partial charge in [-0.1, -0.05) is 5.21 Å². The molecule has 0 bridgehead atoms. The van der Waals surface area contributed by atoms with Gasteiger partial charge in [0.15, 0.2) is 6.29 Å². The third-order valence-electron chi connectivity index (χ3n) is 3.25. The molecule has 0 aromatic carbocycles. The van der Waals surface area contributed by atoms with Gasteiger partial charge in [-0.3, -0.25) is 0 Å². The first-order valence-corrected chi connectivity index (χ1v) is 6.08. The number of fused-ring (bicyclic) bond motifs is 1. The highest BCUT2D eigenvalue weighted by molar-refractivity contribution is 5.11. The van der Waals surface area contributed by atoms with Crippen molar-refractivity contribution in [2.45, 2.75) is 51.5 Å². The lowest BCUT2D eigenvalue weighted by atomic mass is 10.2. The first kappa shape index (κ1) is 10.2. The molecule has 0 aliphatic carbocycles. The summed E-state index contributed by atoms with van der Waals surface area (Å²) in [6, 6.07) is 0. The topological polar surface area (TPSA) is 49.2 Å². The fourth-order valence-corrected chi connectivity index (χ4v) is 2.34. The molecule has 1 saturated heterocycles. The summed E-state index contributed by atoms with van der Waals surface area (Å²) in [4.78, 5) is 0. The van der Waals surface area contributed by atoms with E-state index >= 15 is 0 Å². The average Bonchev–Trinajstić information content (AvgIpc) is 2.90. The van der Waals surface area contributed by atoms with Gasteiger partial charge in [-0.15, -0.1) is 5.10 Å². The van der Waals surface area contributed by atoms with Gasteiger partial charge in [0, 0.05) is 13.2 Å². The maximum absolute atomic E-state index is 5.71. The Morgan fingerprint density at radius 2 is 2.38 bits per heavy atom. The van der Waals surface area contributed by atoms with Gasteiger partial charge in [0.1, 0.15) is 5.69 Å². The molecule has 2 aliphatic rings. The van der Waals surface area contributed by atoms with E-state index in [1.165, 1.54) is 18.5 Å². The van der Waals surface area contributed by atoms with Crippen LogP contribution in [0.25, 0.3) is 0 Å². The molecule has 2 aliphatic heterocycles. The molecule has 0 spiro atoms. The largest absolute Gasteiger partial charge is 0.353 e. The van der Waals surface area contributed by atoms with Crippen molar-refractivity contribution in [1.29, 1.82) is 0 Å². The van der Waals surface area contributed by atoms with Gasteiger partial charge in [0.2, 0.25) is 0 Å². The Balaban J connectivity index is 1.57. The normalized spacial score (nSPS) is 24.6. The highest BCUT2D eigenvalue weighted by Gasteiger charge is 2.20. The van der Waals surface area contributed by atoms with E-state index in [0.717, 1.165) is 38.1 Å². The molecule has 0 radical (unpaired) electrons. The highest BCUT2D eigenvalue weighted by atomic mass is 16.7. The van der Waals surface area contributed by atoms with Crippen LogP contribution in [0.15, 0.2) is 0 Å². The second-order valence-corrected chi connectivity index (χ2v) is 4.42. The minimum Gasteiger partial charge on any atom is -0.353 e. The molecular formula is C11H17N3O2. The van der Waals surface area contributed by atoms with Crippen LogP contribution in [0.3, 0.4) is 0 Å². The molecule has 0 amide bonds. The van der Waals surface area contributed by atoms with Crippen LogP contribution >= 0.6 is 0 Å². The molecule has 0 N–H and O–H groups in total. The molecular weight excluding hydrogens is 206 g/mol. The first-order chi connectivity index (χ1) is 7.93. The van der Waals surface area contributed by atoms with E-state index < -0.39 is 0 Å². The average molecular weight is 223 g/mol. The van der Waals surface area contributed by atoms with Gasteiger partial charge in [-0.2, -0.15) is 0 Å². The van der Waals surface area contributed by atoms with Gasteiger partial charge in [0.05, 0.1) is 12.3 Å². The van der Waals surface area contributed by atoms with Crippen LogP contribution in [-0.4, -0.2) is 27.9 Å². The second-order valence-electron chi connectivity index (χ2n) is 4.42. The second kappa shape index (κ2) is 4.51. The predicted molar refractivity (Wildman–Crippen MR) is 56.7 cm³/mol. The standard InChI is InChI=1S/C11H17N3O2/c1-2-7-15-11(5-1)16-8-9-10-4-3-6-14(10)13-12-9/h11H,1-8H2/t11-/m0/s1. The highest BCUT2D eigenvalue weighted by Crippen LogP contribution is 2.19. The number of hydrogen-bond donors (Lipinski definition) is 0. The van der Waals surface area contributed by atoms with E-state index in [2.05, 4.69) is 10.3 Å². The van der Waals surface area contributed by atoms with Crippen LogP contribution in [-0.2, 0) is 29.0 Å². The molecule has 3 rings (SSSR count). The summed E-state index contributed by atoms with van der Waals surface area (Å²) >= 11 is 0. The van der Waals surface area contributed by atoms with E-state index in [-0.39, 0.29) is 6.29 Å². The lowest BCUT2D eigenvalue weighted by Gasteiger charge is -2.22. The van der Waals surface area contributed by atoms with E-state index in [1.807, 2.05) is 4.68 Å². The molecule has 1 aromatic heterocycles. The minimum atomic E-state index is -0.0347. The third kappa shape index (κ3) is 1.97. The maximum Gasteiger partial charge on any atom is 0.158 e. The molecule has 88 valence electrons. The molecule has 5 nitrogen and oxygen atoms in total. The number of ether oxygens (including phenoxy) is 2. The summed E-state index contributed by atoms with van der Waals surface area (Å²) in [6.07, 6.45) is 5.58. The van der Waals surface area contributed by atoms with Crippen LogP contribution < -0.4 is 0 Å². The van der Waals surface area contributed by atoms with E-state index in [1.54, 1.807) is 0 Å². The van der Waals surface area contributed by atoms with Crippen molar-refractivity contribution >= 4 is 0 Å². The summed E-state index contributed by atoms with van der Waals surface area (Å²) in [7, 11) is 0. The third-order valence-corrected chi connectivity index (χ3v) is 3.25. The van der Waals surface area contributed by atoms with Gasteiger partial charge in [-0.25, -0.2) is 4.68 Å². The quantitative estimate of drug-likeness (QED) is 0.774. The fraction of sp³-hybridized carbons (Fsp3) is 0.818. The van der Waals surface area contributed by atoms with Gasteiger partial charge in [-0.05, 0) is 32.1 Å². The molecule has 5 heteroatoms. The van der Waals surface area contributed by atoms with E-state index in [4.69, 9.17) is 9.47 Å². The zero-order valence-electron chi connectivity index (χ0n) is 9.39. The van der Waals surface area contributed by atoms with Crippen molar-refractivity contribution in [1.82, 2.24) is 15.0 Å². The van der Waals surface area contributed by atoms with Crippen LogP contribution in [0.4, 0.5) is 0 Å². The fourth-order valence-electron chi connectivity index (χ4n) is 2.34. The monoisotopic (exact) mass is 223 g/mol. The molecule has 0 saturated carbocycles. The van der Waals surface area contributed by atoms with E-state index in [9.17, 15) is 0 Å². The number of hydrogen-bond acceptors (Lipinski definition) is 4. The molecule has 3 heterocycles. The van der Waals surface area contributed by atoms with Crippen molar-refractivity contribution in [2.24, 2.45) is 0 Å². The van der Waals surface area contributed by atoms with Crippen molar-refractivity contribution < 1.29 is 9.47 Å².